The maximum absolute atomic E-state index is 10.6. The highest BCUT2D eigenvalue weighted by molar-refractivity contribution is 5.85. The highest BCUT2D eigenvalue weighted by Crippen LogP contribution is 2.33. The Morgan fingerprint density at radius 2 is 2.00 bits per heavy atom. The summed E-state index contributed by atoms with van der Waals surface area (Å²) in [6.07, 6.45) is -0.519. The van der Waals surface area contributed by atoms with Crippen LogP contribution in [0, 0.1) is 0 Å². The van der Waals surface area contributed by atoms with Crippen molar-refractivity contribution in [3.8, 4) is 11.5 Å². The smallest absolute Gasteiger partial charge is 0.358 e. The Balaban J connectivity index is 1.48. The van der Waals surface area contributed by atoms with E-state index < -0.39 is 12.3 Å². The number of carboxylic acid groups (broad SMARTS) is 1. The van der Waals surface area contributed by atoms with Crippen molar-refractivity contribution in [1.82, 2.24) is 5.16 Å². The second-order valence-corrected chi connectivity index (χ2v) is 4.11. The lowest BCUT2D eigenvalue weighted by Gasteiger charge is -2.09. The molecule has 7 heteroatoms. The van der Waals surface area contributed by atoms with Crippen molar-refractivity contribution >= 4 is 5.97 Å². The molecule has 0 amide bonds. The van der Waals surface area contributed by atoms with Crippen molar-refractivity contribution in [2.24, 2.45) is 0 Å². The Hall–Kier alpha value is -2.54. The van der Waals surface area contributed by atoms with Crippen LogP contribution in [-0.4, -0.2) is 29.1 Å². The summed E-state index contributed by atoms with van der Waals surface area (Å²) < 4.78 is 21.2. The van der Waals surface area contributed by atoms with E-state index in [1.165, 1.54) is 6.07 Å². The van der Waals surface area contributed by atoms with Crippen LogP contribution in [0.2, 0.25) is 0 Å². The number of aromatic carboxylic acids is 1. The van der Waals surface area contributed by atoms with Gasteiger partial charge in [-0.2, -0.15) is 0 Å². The molecule has 104 valence electrons. The lowest BCUT2D eigenvalue weighted by Crippen LogP contribution is -2.24. The van der Waals surface area contributed by atoms with Gasteiger partial charge in [0.25, 0.3) is 6.29 Å². The molecule has 0 bridgehead atoms. The van der Waals surface area contributed by atoms with Gasteiger partial charge >= 0.3 is 5.97 Å². The Morgan fingerprint density at radius 1 is 1.30 bits per heavy atom. The van der Waals surface area contributed by atoms with Gasteiger partial charge in [0.05, 0.1) is 0 Å². The van der Waals surface area contributed by atoms with Gasteiger partial charge in [-0.3, -0.25) is 0 Å². The molecule has 0 saturated heterocycles. The van der Waals surface area contributed by atoms with Crippen molar-refractivity contribution in [2.75, 3.05) is 6.61 Å². The molecule has 0 aliphatic carbocycles. The van der Waals surface area contributed by atoms with Crippen LogP contribution in [0.4, 0.5) is 0 Å². The number of para-hydroxylation sites is 2. The molecule has 0 radical (unpaired) electrons. The summed E-state index contributed by atoms with van der Waals surface area (Å²) in [6.45, 7) is 0.289. The highest BCUT2D eigenvalue weighted by Gasteiger charge is 2.23. The SMILES string of the molecule is O=C(O)c1cc(COCC2Oc3ccccc3O2)on1. The van der Waals surface area contributed by atoms with Gasteiger partial charge in [0.15, 0.2) is 23.0 Å². The highest BCUT2D eigenvalue weighted by atomic mass is 16.7. The van der Waals surface area contributed by atoms with Crippen molar-refractivity contribution in [3.63, 3.8) is 0 Å². The number of carbonyl (C=O) groups is 1. The van der Waals surface area contributed by atoms with E-state index in [1.54, 1.807) is 0 Å². The van der Waals surface area contributed by atoms with E-state index >= 15 is 0 Å². The van der Waals surface area contributed by atoms with Gasteiger partial charge in [0.2, 0.25) is 0 Å². The number of aromatic nitrogens is 1. The molecule has 2 heterocycles. The van der Waals surface area contributed by atoms with Crippen LogP contribution in [0.1, 0.15) is 16.2 Å². The van der Waals surface area contributed by atoms with Crippen LogP contribution < -0.4 is 9.47 Å². The zero-order valence-electron chi connectivity index (χ0n) is 10.3. The van der Waals surface area contributed by atoms with Crippen LogP contribution in [0.15, 0.2) is 34.9 Å². The maximum Gasteiger partial charge on any atom is 0.358 e. The zero-order valence-corrected chi connectivity index (χ0v) is 10.3. The number of fused-ring (bicyclic) bond motifs is 1. The summed E-state index contributed by atoms with van der Waals surface area (Å²) in [5.74, 6) is 0.540. The molecule has 2 aromatic rings. The van der Waals surface area contributed by atoms with E-state index in [4.69, 9.17) is 23.8 Å². The predicted molar refractivity (Wildman–Crippen MR) is 64.6 cm³/mol. The van der Waals surface area contributed by atoms with Crippen LogP contribution in [0.25, 0.3) is 0 Å². The molecule has 1 aliphatic heterocycles. The Morgan fingerprint density at radius 3 is 2.60 bits per heavy atom. The molecule has 3 rings (SSSR count). The lowest BCUT2D eigenvalue weighted by atomic mass is 10.3. The number of hydrogen-bond acceptors (Lipinski definition) is 6. The average Bonchev–Trinajstić information content (AvgIpc) is 3.04. The molecular weight excluding hydrogens is 266 g/mol. The van der Waals surface area contributed by atoms with Crippen molar-refractivity contribution in [1.29, 1.82) is 0 Å². The number of nitrogens with zero attached hydrogens (tertiary/aromatic N) is 1. The van der Waals surface area contributed by atoms with Crippen LogP contribution >= 0.6 is 0 Å². The van der Waals surface area contributed by atoms with Gasteiger partial charge in [-0.25, -0.2) is 4.79 Å². The fourth-order valence-electron chi connectivity index (χ4n) is 1.76. The molecule has 1 aromatic heterocycles. The molecule has 0 spiro atoms. The van der Waals surface area contributed by atoms with Gasteiger partial charge in [0.1, 0.15) is 13.2 Å². The predicted octanol–water partition coefficient (Wildman–Crippen LogP) is 1.69. The second-order valence-electron chi connectivity index (χ2n) is 4.11. The fourth-order valence-corrected chi connectivity index (χ4v) is 1.76. The summed E-state index contributed by atoms with van der Waals surface area (Å²) in [4.78, 5) is 10.6. The number of rotatable bonds is 5. The van der Waals surface area contributed by atoms with Crippen LogP contribution in [0.3, 0.4) is 0 Å². The molecule has 0 fully saturated rings. The molecule has 1 aromatic carbocycles. The minimum atomic E-state index is -1.14. The Bertz CT molecular complexity index is 598. The van der Waals surface area contributed by atoms with Gasteiger partial charge in [-0.15, -0.1) is 0 Å². The summed E-state index contributed by atoms with van der Waals surface area (Å²) in [7, 11) is 0. The van der Waals surface area contributed by atoms with Crippen LogP contribution in [0.5, 0.6) is 11.5 Å². The van der Waals surface area contributed by atoms with Gasteiger partial charge in [0, 0.05) is 6.07 Å². The lowest BCUT2D eigenvalue weighted by molar-refractivity contribution is -0.0421. The molecule has 1 N–H and O–H groups in total. The first-order valence-electron chi connectivity index (χ1n) is 5.91. The number of benzene rings is 1. The molecular formula is C13H11NO6. The second kappa shape index (κ2) is 5.22. The van der Waals surface area contributed by atoms with Crippen molar-refractivity contribution in [2.45, 2.75) is 12.9 Å². The van der Waals surface area contributed by atoms with Crippen molar-refractivity contribution in [3.05, 3.63) is 41.8 Å². The van der Waals surface area contributed by atoms with Gasteiger partial charge in [-0.1, -0.05) is 17.3 Å². The fraction of sp³-hybridized carbons (Fsp3) is 0.231. The first-order valence-corrected chi connectivity index (χ1v) is 5.91. The first kappa shape index (κ1) is 12.5. The maximum atomic E-state index is 10.6. The van der Waals surface area contributed by atoms with Crippen molar-refractivity contribution < 1.29 is 28.6 Å². The summed E-state index contributed by atoms with van der Waals surface area (Å²) in [5, 5.41) is 12.1. The monoisotopic (exact) mass is 277 g/mol. The van der Waals surface area contributed by atoms with E-state index in [0.717, 1.165) is 0 Å². The van der Waals surface area contributed by atoms with Gasteiger partial charge < -0.3 is 23.8 Å². The minimum absolute atomic E-state index is 0.0971. The first-order chi connectivity index (χ1) is 9.72. The van der Waals surface area contributed by atoms with Gasteiger partial charge in [-0.05, 0) is 12.1 Å². The van der Waals surface area contributed by atoms with E-state index in [1.807, 2.05) is 24.3 Å². The molecule has 0 unspecified atom stereocenters. The summed E-state index contributed by atoms with van der Waals surface area (Å²) in [5.41, 5.74) is -0.149. The molecule has 7 nitrogen and oxygen atoms in total. The molecule has 1 aliphatic rings. The topological polar surface area (TPSA) is 91.0 Å². The van der Waals surface area contributed by atoms with E-state index in [0.29, 0.717) is 17.3 Å². The molecule has 0 saturated carbocycles. The van der Waals surface area contributed by atoms with Crippen LogP contribution in [-0.2, 0) is 11.3 Å². The third-order valence-corrected chi connectivity index (χ3v) is 2.64. The standard InChI is InChI=1S/C13H11NO6/c15-13(16)9-5-8(20-14-9)6-17-7-12-18-10-3-1-2-4-11(10)19-12/h1-5,12H,6-7H2,(H,15,16). The number of carboxylic acids is 1. The normalized spacial score (nSPS) is 13.6. The Kier molecular flexibility index (Phi) is 3.26. The third kappa shape index (κ3) is 2.57. The largest absolute Gasteiger partial charge is 0.476 e. The third-order valence-electron chi connectivity index (χ3n) is 2.64. The summed E-state index contributed by atoms with van der Waals surface area (Å²) in [6, 6.07) is 8.64. The van der Waals surface area contributed by atoms with E-state index in [2.05, 4.69) is 5.16 Å². The summed E-state index contributed by atoms with van der Waals surface area (Å²) >= 11 is 0. The molecule has 20 heavy (non-hydrogen) atoms. The number of ether oxygens (including phenoxy) is 3. The number of hydrogen-bond donors (Lipinski definition) is 1. The van der Waals surface area contributed by atoms with E-state index in [-0.39, 0.29) is 18.9 Å². The zero-order chi connectivity index (χ0) is 13.9. The molecule has 0 atom stereocenters. The average molecular weight is 277 g/mol. The quantitative estimate of drug-likeness (QED) is 0.889. The van der Waals surface area contributed by atoms with E-state index in [9.17, 15) is 4.79 Å². The Labute approximate surface area is 113 Å². The minimum Gasteiger partial charge on any atom is -0.476 e.